The van der Waals surface area contributed by atoms with Crippen molar-refractivity contribution in [3.63, 3.8) is 0 Å². The largest absolute Gasteiger partial charge is 0.433 e. The maximum Gasteiger partial charge on any atom is 0.433 e. The Morgan fingerprint density at radius 3 is 2.46 bits per heavy atom. The molecule has 0 atom stereocenters. The number of alkyl halides is 3. The fraction of sp³-hybridized carbons (Fsp3) is 0.667. The number of rotatable bonds is 2. The van der Waals surface area contributed by atoms with Crippen molar-refractivity contribution in [2.24, 2.45) is 5.92 Å². The van der Waals surface area contributed by atoms with Crippen LogP contribution in [0.5, 0.6) is 0 Å². The number of piperidine rings is 1. The van der Waals surface area contributed by atoms with Crippen LogP contribution >= 0.6 is 11.8 Å². The van der Waals surface area contributed by atoms with E-state index in [0.29, 0.717) is 25.9 Å². The highest BCUT2D eigenvalue weighted by Crippen LogP contribution is 2.29. The number of aromatic nitrogens is 2. The number of amides is 1. The van der Waals surface area contributed by atoms with Gasteiger partial charge in [-0.1, -0.05) is 0 Å². The highest BCUT2D eigenvalue weighted by atomic mass is 32.2. The van der Waals surface area contributed by atoms with Crippen LogP contribution in [0.4, 0.5) is 19.1 Å². The van der Waals surface area contributed by atoms with Gasteiger partial charge < -0.3 is 9.80 Å². The van der Waals surface area contributed by atoms with Crippen LogP contribution in [0, 0.1) is 5.92 Å². The average Bonchev–Trinajstić information content (AvgIpc) is 2.61. The van der Waals surface area contributed by atoms with E-state index < -0.39 is 11.9 Å². The van der Waals surface area contributed by atoms with Gasteiger partial charge >= 0.3 is 6.18 Å². The number of thioether (sulfide) groups is 1. The second-order valence-electron chi connectivity index (χ2n) is 5.94. The molecule has 0 aliphatic carbocycles. The van der Waals surface area contributed by atoms with Crippen molar-refractivity contribution in [3.8, 4) is 0 Å². The van der Waals surface area contributed by atoms with Gasteiger partial charge in [-0.3, -0.25) is 4.79 Å². The predicted octanol–water partition coefficient (Wildman–Crippen LogP) is 2.29. The zero-order chi connectivity index (χ0) is 17.2. The molecule has 24 heavy (non-hydrogen) atoms. The molecule has 1 aromatic heterocycles. The van der Waals surface area contributed by atoms with Gasteiger partial charge in [-0.15, -0.1) is 0 Å². The summed E-state index contributed by atoms with van der Waals surface area (Å²) in [6.45, 7) is 2.58. The Morgan fingerprint density at radius 1 is 1.17 bits per heavy atom. The molecule has 132 valence electrons. The highest BCUT2D eigenvalue weighted by Gasteiger charge is 2.34. The number of anilines is 1. The molecule has 0 N–H and O–H groups in total. The van der Waals surface area contributed by atoms with Crippen LogP contribution in [0.3, 0.4) is 0 Å². The second kappa shape index (κ2) is 7.16. The molecule has 9 heteroatoms. The normalized spacial score (nSPS) is 20.3. The Hall–Kier alpha value is -1.51. The summed E-state index contributed by atoms with van der Waals surface area (Å²) in [5.74, 6) is 2.17. The van der Waals surface area contributed by atoms with Crippen molar-refractivity contribution < 1.29 is 18.0 Å². The second-order valence-corrected chi connectivity index (χ2v) is 7.16. The first-order valence-electron chi connectivity index (χ1n) is 7.97. The lowest BCUT2D eigenvalue weighted by Crippen LogP contribution is -2.45. The van der Waals surface area contributed by atoms with Gasteiger partial charge in [0.1, 0.15) is 5.69 Å². The third-order valence-electron chi connectivity index (χ3n) is 4.38. The van der Waals surface area contributed by atoms with Gasteiger partial charge in [0.25, 0.3) is 0 Å². The van der Waals surface area contributed by atoms with E-state index in [1.54, 1.807) is 4.90 Å². The molecule has 2 saturated heterocycles. The highest BCUT2D eigenvalue weighted by molar-refractivity contribution is 7.99. The Kier molecular flexibility index (Phi) is 5.17. The van der Waals surface area contributed by atoms with Crippen LogP contribution < -0.4 is 4.90 Å². The topological polar surface area (TPSA) is 49.3 Å². The van der Waals surface area contributed by atoms with E-state index >= 15 is 0 Å². The quantitative estimate of drug-likeness (QED) is 0.810. The van der Waals surface area contributed by atoms with E-state index in [1.807, 2.05) is 16.7 Å². The summed E-state index contributed by atoms with van der Waals surface area (Å²) >= 11 is 1.85. The molecule has 2 aliphatic rings. The van der Waals surface area contributed by atoms with Gasteiger partial charge in [0, 0.05) is 49.8 Å². The molecule has 3 rings (SSSR count). The van der Waals surface area contributed by atoms with E-state index in [0.717, 1.165) is 36.9 Å². The molecule has 3 heterocycles. The predicted molar refractivity (Wildman–Crippen MR) is 85.9 cm³/mol. The summed E-state index contributed by atoms with van der Waals surface area (Å²) in [6.07, 6.45) is -2.09. The lowest BCUT2D eigenvalue weighted by molar-refractivity contribution is -0.141. The maximum absolute atomic E-state index is 12.7. The number of hydrogen-bond donors (Lipinski definition) is 0. The number of hydrogen-bond acceptors (Lipinski definition) is 5. The summed E-state index contributed by atoms with van der Waals surface area (Å²) < 4.78 is 38.2. The van der Waals surface area contributed by atoms with Crippen LogP contribution in [0.25, 0.3) is 0 Å². The molecule has 0 spiro atoms. The average molecular weight is 360 g/mol. The minimum Gasteiger partial charge on any atom is -0.341 e. The number of halogens is 3. The van der Waals surface area contributed by atoms with Crippen LogP contribution in [0.2, 0.25) is 0 Å². The first kappa shape index (κ1) is 17.3. The van der Waals surface area contributed by atoms with Crippen LogP contribution in [-0.4, -0.2) is 58.5 Å². The molecular formula is C15H19F3N4OS. The summed E-state index contributed by atoms with van der Waals surface area (Å²) in [7, 11) is 0. The Balaban J connectivity index is 1.60. The van der Waals surface area contributed by atoms with Crippen molar-refractivity contribution in [2.45, 2.75) is 19.0 Å². The Morgan fingerprint density at radius 2 is 1.83 bits per heavy atom. The van der Waals surface area contributed by atoms with E-state index in [-0.39, 0.29) is 17.8 Å². The zero-order valence-electron chi connectivity index (χ0n) is 13.1. The maximum atomic E-state index is 12.7. The molecule has 1 amide bonds. The molecule has 5 nitrogen and oxygen atoms in total. The summed E-state index contributed by atoms with van der Waals surface area (Å²) in [5.41, 5.74) is -0.934. The zero-order valence-corrected chi connectivity index (χ0v) is 13.9. The number of carbonyl (C=O) groups excluding carboxylic acids is 1. The van der Waals surface area contributed by atoms with Gasteiger partial charge in [-0.05, 0) is 18.9 Å². The monoisotopic (exact) mass is 360 g/mol. The standard InChI is InChI=1S/C15H19F3N4OS/c16-15(17,18)12-1-4-19-14(20-12)22-5-2-11(3-6-22)13(23)21-7-9-24-10-8-21/h1,4,11H,2-3,5-10H2. The van der Waals surface area contributed by atoms with E-state index in [1.165, 1.54) is 0 Å². The van der Waals surface area contributed by atoms with Gasteiger partial charge in [0.2, 0.25) is 11.9 Å². The minimum absolute atomic E-state index is 0.0462. The van der Waals surface area contributed by atoms with Crippen LogP contribution in [0.15, 0.2) is 12.3 Å². The van der Waals surface area contributed by atoms with Crippen LogP contribution in [-0.2, 0) is 11.0 Å². The van der Waals surface area contributed by atoms with Crippen molar-refractivity contribution in [2.75, 3.05) is 42.6 Å². The van der Waals surface area contributed by atoms with Gasteiger partial charge in [0.15, 0.2) is 0 Å². The first-order chi connectivity index (χ1) is 11.4. The summed E-state index contributed by atoms with van der Waals surface area (Å²) in [4.78, 5) is 23.7. The number of nitrogens with zero attached hydrogens (tertiary/aromatic N) is 4. The Bertz CT molecular complexity index is 584. The molecule has 0 radical (unpaired) electrons. The molecule has 2 fully saturated rings. The third-order valence-corrected chi connectivity index (χ3v) is 5.33. The van der Waals surface area contributed by atoms with Gasteiger partial charge in [-0.25, -0.2) is 9.97 Å². The van der Waals surface area contributed by atoms with E-state index in [9.17, 15) is 18.0 Å². The number of carbonyl (C=O) groups is 1. The molecule has 2 aliphatic heterocycles. The third kappa shape index (κ3) is 3.93. The van der Waals surface area contributed by atoms with Crippen molar-refractivity contribution in [1.82, 2.24) is 14.9 Å². The summed E-state index contributed by atoms with van der Waals surface area (Å²) in [5, 5.41) is 0. The smallest absolute Gasteiger partial charge is 0.341 e. The minimum atomic E-state index is -4.47. The van der Waals surface area contributed by atoms with E-state index in [4.69, 9.17) is 0 Å². The summed E-state index contributed by atoms with van der Waals surface area (Å²) in [6, 6.07) is 0.869. The SMILES string of the molecule is O=C(C1CCN(c2nccc(C(F)(F)F)n2)CC1)N1CCSCC1. The lowest BCUT2D eigenvalue weighted by Gasteiger charge is -2.35. The van der Waals surface area contributed by atoms with Gasteiger partial charge in [-0.2, -0.15) is 24.9 Å². The first-order valence-corrected chi connectivity index (χ1v) is 9.12. The van der Waals surface area contributed by atoms with Gasteiger partial charge in [0.05, 0.1) is 0 Å². The molecule has 0 bridgehead atoms. The fourth-order valence-corrected chi connectivity index (χ4v) is 3.93. The molecule has 0 unspecified atom stereocenters. The van der Waals surface area contributed by atoms with Crippen molar-refractivity contribution in [1.29, 1.82) is 0 Å². The molecule has 1 aromatic rings. The van der Waals surface area contributed by atoms with Crippen LogP contribution in [0.1, 0.15) is 18.5 Å². The fourth-order valence-electron chi connectivity index (χ4n) is 3.03. The van der Waals surface area contributed by atoms with E-state index in [2.05, 4.69) is 9.97 Å². The van der Waals surface area contributed by atoms with Crippen molar-refractivity contribution in [3.05, 3.63) is 18.0 Å². The molecular weight excluding hydrogens is 341 g/mol. The lowest BCUT2D eigenvalue weighted by atomic mass is 9.95. The van der Waals surface area contributed by atoms with Crippen molar-refractivity contribution >= 4 is 23.6 Å². The molecule has 0 aromatic carbocycles. The Labute approximate surface area is 142 Å². The molecule has 0 saturated carbocycles.